The standard InChI is InChI=1S/C25H29N5O4S/c31-24-20(11-19-12-22-23(34-17-33-22)13-21(19)28-24)16-30(15-18-3-1-4-26-14-18)25(35)27-5-2-6-29-7-9-32-10-8-29/h1,3-4,11-14H,2,5-10,15-17H2,(H,27,35)(H,28,31). The number of rotatable bonds is 8. The third kappa shape index (κ3) is 5.90. The molecule has 0 saturated carbocycles. The minimum Gasteiger partial charge on any atom is -0.454 e. The van der Waals surface area contributed by atoms with Crippen LogP contribution >= 0.6 is 12.2 Å². The van der Waals surface area contributed by atoms with Crippen LogP contribution in [0.5, 0.6) is 11.5 Å². The summed E-state index contributed by atoms with van der Waals surface area (Å²) in [7, 11) is 0. The fraction of sp³-hybridized carbons (Fsp3) is 0.400. The smallest absolute Gasteiger partial charge is 0.253 e. The summed E-state index contributed by atoms with van der Waals surface area (Å²) in [6.45, 7) is 6.41. The SMILES string of the molecule is O=c1[nH]c2cc3c(cc2cc1CN(Cc1cccnc1)C(=S)NCCCN1CCOCC1)OCO3. The molecular formula is C25H29N5O4S. The first kappa shape index (κ1) is 23.5. The lowest BCUT2D eigenvalue weighted by molar-refractivity contribution is 0.0376. The minimum absolute atomic E-state index is 0.150. The second-order valence-corrected chi connectivity index (χ2v) is 9.06. The number of aromatic nitrogens is 2. The van der Waals surface area contributed by atoms with Crippen LogP contribution in [0.2, 0.25) is 0 Å². The Morgan fingerprint density at radius 3 is 2.80 bits per heavy atom. The van der Waals surface area contributed by atoms with Gasteiger partial charge < -0.3 is 29.4 Å². The Morgan fingerprint density at radius 2 is 2.00 bits per heavy atom. The molecule has 0 aliphatic carbocycles. The first-order valence-electron chi connectivity index (χ1n) is 11.8. The van der Waals surface area contributed by atoms with Gasteiger partial charge in [-0.15, -0.1) is 0 Å². The van der Waals surface area contributed by atoms with Gasteiger partial charge in [-0.3, -0.25) is 14.7 Å². The molecule has 184 valence electrons. The topological polar surface area (TPSA) is 92.0 Å². The minimum atomic E-state index is -0.150. The summed E-state index contributed by atoms with van der Waals surface area (Å²) < 4.78 is 16.3. The second-order valence-electron chi connectivity index (χ2n) is 8.67. The Kier molecular flexibility index (Phi) is 7.41. The van der Waals surface area contributed by atoms with Crippen LogP contribution in [-0.2, 0) is 17.8 Å². The van der Waals surface area contributed by atoms with Gasteiger partial charge in [-0.2, -0.15) is 0 Å². The predicted octanol–water partition coefficient (Wildman–Crippen LogP) is 2.25. The fourth-order valence-electron chi connectivity index (χ4n) is 4.31. The highest BCUT2D eigenvalue weighted by Gasteiger charge is 2.18. The molecule has 0 amide bonds. The number of morpholine rings is 1. The largest absolute Gasteiger partial charge is 0.454 e. The van der Waals surface area contributed by atoms with Crippen molar-refractivity contribution in [1.82, 2.24) is 25.1 Å². The molecule has 1 saturated heterocycles. The van der Waals surface area contributed by atoms with Crippen molar-refractivity contribution in [2.24, 2.45) is 0 Å². The summed E-state index contributed by atoms with van der Waals surface area (Å²) in [6.07, 6.45) is 4.54. The Morgan fingerprint density at radius 1 is 1.17 bits per heavy atom. The summed E-state index contributed by atoms with van der Waals surface area (Å²) >= 11 is 5.76. The van der Waals surface area contributed by atoms with E-state index in [0.717, 1.165) is 56.8 Å². The van der Waals surface area contributed by atoms with E-state index >= 15 is 0 Å². The lowest BCUT2D eigenvalue weighted by atomic mass is 10.1. The molecule has 5 rings (SSSR count). The molecule has 2 aliphatic heterocycles. The van der Waals surface area contributed by atoms with Crippen molar-refractivity contribution in [2.75, 3.05) is 46.2 Å². The molecule has 2 aliphatic rings. The van der Waals surface area contributed by atoms with Gasteiger partial charge in [0, 0.05) is 55.6 Å². The molecule has 0 unspecified atom stereocenters. The monoisotopic (exact) mass is 495 g/mol. The number of benzene rings is 1. The summed E-state index contributed by atoms with van der Waals surface area (Å²) in [5.41, 5.74) is 2.21. The number of pyridine rings is 2. The molecule has 0 atom stereocenters. The van der Waals surface area contributed by atoms with Crippen LogP contribution in [-0.4, -0.2) is 71.1 Å². The molecular weight excluding hydrogens is 466 g/mol. The Labute approximate surface area is 209 Å². The summed E-state index contributed by atoms with van der Waals surface area (Å²) in [5.74, 6) is 1.32. The normalized spacial score (nSPS) is 15.3. The van der Waals surface area contributed by atoms with Gasteiger partial charge in [0.05, 0.1) is 25.3 Å². The van der Waals surface area contributed by atoms with Crippen molar-refractivity contribution in [2.45, 2.75) is 19.5 Å². The Balaban J connectivity index is 1.29. The van der Waals surface area contributed by atoms with Gasteiger partial charge in [-0.05, 0) is 48.9 Å². The molecule has 3 aromatic rings. The van der Waals surface area contributed by atoms with E-state index in [9.17, 15) is 4.79 Å². The molecule has 4 heterocycles. The van der Waals surface area contributed by atoms with E-state index in [0.29, 0.717) is 40.8 Å². The van der Waals surface area contributed by atoms with Crippen molar-refractivity contribution < 1.29 is 14.2 Å². The average molecular weight is 496 g/mol. The predicted molar refractivity (Wildman–Crippen MR) is 137 cm³/mol. The van der Waals surface area contributed by atoms with Gasteiger partial charge in [0.15, 0.2) is 16.6 Å². The zero-order valence-corrected chi connectivity index (χ0v) is 20.3. The quantitative estimate of drug-likeness (QED) is 0.361. The van der Waals surface area contributed by atoms with Gasteiger partial charge >= 0.3 is 0 Å². The molecule has 9 nitrogen and oxygen atoms in total. The highest BCUT2D eigenvalue weighted by molar-refractivity contribution is 7.80. The van der Waals surface area contributed by atoms with E-state index in [4.69, 9.17) is 26.4 Å². The fourth-order valence-corrected chi connectivity index (χ4v) is 4.54. The molecule has 10 heteroatoms. The number of hydrogen-bond donors (Lipinski definition) is 2. The van der Waals surface area contributed by atoms with Crippen LogP contribution in [0.4, 0.5) is 0 Å². The van der Waals surface area contributed by atoms with Gasteiger partial charge in [0.25, 0.3) is 5.56 Å². The van der Waals surface area contributed by atoms with Crippen LogP contribution < -0.4 is 20.3 Å². The number of H-pyrrole nitrogens is 1. The van der Waals surface area contributed by atoms with E-state index < -0.39 is 0 Å². The number of ether oxygens (including phenoxy) is 3. The van der Waals surface area contributed by atoms with Crippen LogP contribution in [0.3, 0.4) is 0 Å². The maximum Gasteiger partial charge on any atom is 0.253 e. The maximum atomic E-state index is 12.9. The lowest BCUT2D eigenvalue weighted by Crippen LogP contribution is -2.42. The molecule has 0 spiro atoms. The summed E-state index contributed by atoms with van der Waals surface area (Å²) in [4.78, 5) is 24.5. The molecule has 1 fully saturated rings. The average Bonchev–Trinajstić information content (AvgIpc) is 3.33. The molecule has 35 heavy (non-hydrogen) atoms. The number of nitrogens with one attached hydrogen (secondary N) is 2. The molecule has 2 aromatic heterocycles. The number of fused-ring (bicyclic) bond motifs is 2. The number of thiocarbonyl (C=S) groups is 1. The van der Waals surface area contributed by atoms with Crippen LogP contribution in [0, 0.1) is 0 Å². The van der Waals surface area contributed by atoms with E-state index in [-0.39, 0.29) is 12.4 Å². The zero-order chi connectivity index (χ0) is 24.0. The number of hydrogen-bond acceptors (Lipinski definition) is 7. The van der Waals surface area contributed by atoms with Gasteiger partial charge in [0.1, 0.15) is 0 Å². The van der Waals surface area contributed by atoms with Gasteiger partial charge in [-0.1, -0.05) is 6.07 Å². The Hall–Kier alpha value is -3.21. The van der Waals surface area contributed by atoms with Gasteiger partial charge in [-0.25, -0.2) is 0 Å². The molecule has 2 N–H and O–H groups in total. The third-order valence-corrected chi connectivity index (χ3v) is 6.59. The third-order valence-electron chi connectivity index (χ3n) is 6.19. The van der Waals surface area contributed by atoms with Crippen molar-refractivity contribution >= 4 is 28.2 Å². The summed E-state index contributed by atoms with van der Waals surface area (Å²) in [5, 5.41) is 4.88. The highest BCUT2D eigenvalue weighted by Crippen LogP contribution is 2.35. The van der Waals surface area contributed by atoms with Crippen LogP contribution in [0.15, 0.2) is 47.5 Å². The Bertz CT molecular complexity index is 1230. The maximum absolute atomic E-state index is 12.9. The molecule has 1 aromatic carbocycles. The van der Waals surface area contributed by atoms with Crippen molar-refractivity contribution in [3.05, 3.63) is 64.2 Å². The lowest BCUT2D eigenvalue weighted by Gasteiger charge is -2.28. The van der Waals surface area contributed by atoms with E-state index in [1.165, 1.54) is 0 Å². The molecule has 0 radical (unpaired) electrons. The number of aromatic amines is 1. The second kappa shape index (κ2) is 11.0. The highest BCUT2D eigenvalue weighted by atomic mass is 32.1. The number of nitrogens with zero attached hydrogens (tertiary/aromatic N) is 3. The van der Waals surface area contributed by atoms with Crippen LogP contribution in [0.25, 0.3) is 10.9 Å². The molecule has 0 bridgehead atoms. The van der Waals surface area contributed by atoms with Crippen molar-refractivity contribution in [3.8, 4) is 11.5 Å². The first-order valence-corrected chi connectivity index (χ1v) is 12.2. The first-order chi connectivity index (χ1) is 17.2. The van der Waals surface area contributed by atoms with E-state index in [1.54, 1.807) is 12.3 Å². The van der Waals surface area contributed by atoms with Gasteiger partial charge in [0.2, 0.25) is 6.79 Å². The van der Waals surface area contributed by atoms with Crippen LogP contribution in [0.1, 0.15) is 17.5 Å². The zero-order valence-electron chi connectivity index (χ0n) is 19.5. The van der Waals surface area contributed by atoms with E-state index in [2.05, 4.69) is 20.2 Å². The van der Waals surface area contributed by atoms with Crippen molar-refractivity contribution in [3.63, 3.8) is 0 Å². The summed E-state index contributed by atoms with van der Waals surface area (Å²) in [6, 6.07) is 9.50. The van der Waals surface area contributed by atoms with Crippen molar-refractivity contribution in [1.29, 1.82) is 0 Å². The van der Waals surface area contributed by atoms with E-state index in [1.807, 2.05) is 35.4 Å².